The number of hydrogen-bond donors (Lipinski definition) is 8. The number of nitrogens with one attached hydrogen (secondary N) is 3. The van der Waals surface area contributed by atoms with Crippen LogP contribution in [0.4, 0.5) is 0 Å². The summed E-state index contributed by atoms with van der Waals surface area (Å²) in [5, 5.41) is 33.7. The molecule has 4 unspecified atom stereocenters. The SMILES string of the molecule is NC(=O)CCC(NC(=O)C(N)Cc1ccccc1)C(=O)NC(CO)C(=O)NC(CC(=O)O)C(=O)O. The fraction of sp³-hybridized carbons (Fsp3) is 0.429. The summed E-state index contributed by atoms with van der Waals surface area (Å²) in [7, 11) is 0. The van der Waals surface area contributed by atoms with Crippen LogP contribution in [0.5, 0.6) is 0 Å². The maximum Gasteiger partial charge on any atom is 0.326 e. The van der Waals surface area contributed by atoms with Crippen LogP contribution < -0.4 is 27.4 Å². The highest BCUT2D eigenvalue weighted by Gasteiger charge is 2.31. The molecule has 0 saturated carbocycles. The van der Waals surface area contributed by atoms with Gasteiger partial charge < -0.3 is 42.7 Å². The maximum absolute atomic E-state index is 12.7. The molecular formula is C21H29N5O9. The van der Waals surface area contributed by atoms with Crippen molar-refractivity contribution in [1.82, 2.24) is 16.0 Å². The lowest BCUT2D eigenvalue weighted by Crippen LogP contribution is -2.58. The molecule has 10 N–H and O–H groups in total. The van der Waals surface area contributed by atoms with E-state index < -0.39 is 72.8 Å². The van der Waals surface area contributed by atoms with Gasteiger partial charge in [-0.15, -0.1) is 0 Å². The number of amides is 4. The standard InChI is InChI=1S/C21H29N5O9/c22-12(8-11-4-2-1-3-5-11)18(31)24-13(6-7-16(23)28)19(32)26-15(10-27)20(33)25-14(21(34)35)9-17(29)30/h1-5,12-15,27H,6-10,22H2,(H2,23,28)(H,24,31)(H,25,33)(H,26,32)(H,29,30)(H,34,35). The van der Waals surface area contributed by atoms with Crippen LogP contribution in [0.3, 0.4) is 0 Å². The largest absolute Gasteiger partial charge is 0.481 e. The monoisotopic (exact) mass is 495 g/mol. The van der Waals surface area contributed by atoms with Crippen molar-refractivity contribution < 1.29 is 44.1 Å². The minimum Gasteiger partial charge on any atom is -0.481 e. The highest BCUT2D eigenvalue weighted by molar-refractivity contribution is 5.95. The molecule has 0 fully saturated rings. The van der Waals surface area contributed by atoms with Gasteiger partial charge in [-0.3, -0.25) is 24.0 Å². The van der Waals surface area contributed by atoms with Crippen LogP contribution in [0.2, 0.25) is 0 Å². The molecule has 35 heavy (non-hydrogen) atoms. The summed E-state index contributed by atoms with van der Waals surface area (Å²) in [4.78, 5) is 70.7. The molecule has 192 valence electrons. The number of carbonyl (C=O) groups is 6. The second-order valence-electron chi connectivity index (χ2n) is 7.60. The minimum atomic E-state index is -1.81. The first-order chi connectivity index (χ1) is 16.4. The number of carboxylic acid groups (broad SMARTS) is 2. The summed E-state index contributed by atoms with van der Waals surface area (Å²) < 4.78 is 0. The van der Waals surface area contributed by atoms with Gasteiger partial charge in [0.1, 0.15) is 18.1 Å². The Hall–Kier alpha value is -4.04. The average molecular weight is 495 g/mol. The van der Waals surface area contributed by atoms with E-state index in [1.165, 1.54) is 0 Å². The Morgan fingerprint density at radius 1 is 0.829 bits per heavy atom. The lowest BCUT2D eigenvalue weighted by molar-refractivity contribution is -0.147. The van der Waals surface area contributed by atoms with Crippen molar-refractivity contribution in [2.45, 2.75) is 49.9 Å². The van der Waals surface area contributed by atoms with Crippen molar-refractivity contribution in [2.75, 3.05) is 6.61 Å². The molecule has 0 saturated heterocycles. The predicted molar refractivity (Wildman–Crippen MR) is 119 cm³/mol. The van der Waals surface area contributed by atoms with E-state index in [0.29, 0.717) is 0 Å². The van der Waals surface area contributed by atoms with Crippen molar-refractivity contribution in [1.29, 1.82) is 0 Å². The van der Waals surface area contributed by atoms with E-state index in [0.717, 1.165) is 5.56 Å². The zero-order chi connectivity index (χ0) is 26.5. The number of hydrogen-bond acceptors (Lipinski definition) is 8. The topological polar surface area (TPSA) is 251 Å². The average Bonchev–Trinajstić information content (AvgIpc) is 2.79. The zero-order valence-corrected chi connectivity index (χ0v) is 18.7. The molecular weight excluding hydrogens is 466 g/mol. The quantitative estimate of drug-likeness (QED) is 0.121. The molecule has 0 spiro atoms. The number of nitrogens with two attached hydrogens (primary N) is 2. The Bertz CT molecular complexity index is 925. The van der Waals surface area contributed by atoms with Gasteiger partial charge in [-0.05, 0) is 18.4 Å². The number of benzene rings is 1. The molecule has 0 radical (unpaired) electrons. The molecule has 1 aromatic carbocycles. The molecule has 0 aliphatic rings. The Morgan fingerprint density at radius 2 is 1.37 bits per heavy atom. The van der Waals surface area contributed by atoms with Crippen LogP contribution in [0.1, 0.15) is 24.8 Å². The van der Waals surface area contributed by atoms with Crippen LogP contribution in [-0.4, -0.2) is 81.7 Å². The number of carboxylic acids is 2. The first-order valence-electron chi connectivity index (χ1n) is 10.5. The Labute approximate surface area is 200 Å². The molecule has 14 nitrogen and oxygen atoms in total. The first kappa shape index (κ1) is 29.0. The second kappa shape index (κ2) is 14.3. The summed E-state index contributed by atoms with van der Waals surface area (Å²) >= 11 is 0. The normalized spacial score (nSPS) is 14.0. The van der Waals surface area contributed by atoms with Gasteiger partial charge in [0.25, 0.3) is 0 Å². The van der Waals surface area contributed by atoms with E-state index in [2.05, 4.69) is 10.6 Å². The van der Waals surface area contributed by atoms with Gasteiger partial charge >= 0.3 is 11.9 Å². The zero-order valence-electron chi connectivity index (χ0n) is 18.7. The van der Waals surface area contributed by atoms with Gasteiger partial charge in [0.15, 0.2) is 0 Å². The van der Waals surface area contributed by atoms with E-state index in [-0.39, 0.29) is 19.3 Å². The van der Waals surface area contributed by atoms with Crippen LogP contribution >= 0.6 is 0 Å². The predicted octanol–water partition coefficient (Wildman–Crippen LogP) is -3.17. The van der Waals surface area contributed by atoms with E-state index in [9.17, 15) is 33.9 Å². The van der Waals surface area contributed by atoms with Crippen LogP contribution in [0.25, 0.3) is 0 Å². The van der Waals surface area contributed by atoms with E-state index in [1.54, 1.807) is 30.3 Å². The van der Waals surface area contributed by atoms with E-state index in [1.807, 2.05) is 5.32 Å². The number of carbonyl (C=O) groups excluding carboxylic acids is 4. The lowest BCUT2D eigenvalue weighted by atomic mass is 10.0. The Kier molecular flexibility index (Phi) is 11.8. The third-order valence-electron chi connectivity index (χ3n) is 4.76. The fourth-order valence-electron chi connectivity index (χ4n) is 2.91. The summed E-state index contributed by atoms with van der Waals surface area (Å²) in [5.74, 6) is -6.77. The van der Waals surface area contributed by atoms with Crippen LogP contribution in [0, 0.1) is 0 Å². The summed E-state index contributed by atoms with van der Waals surface area (Å²) in [6, 6.07) is 2.90. The third kappa shape index (κ3) is 10.6. The highest BCUT2D eigenvalue weighted by atomic mass is 16.4. The summed E-state index contributed by atoms with van der Waals surface area (Å²) in [6.07, 6.45) is -1.34. The van der Waals surface area contributed by atoms with Crippen molar-refractivity contribution in [2.24, 2.45) is 11.5 Å². The second-order valence-corrected chi connectivity index (χ2v) is 7.60. The van der Waals surface area contributed by atoms with Gasteiger partial charge in [0, 0.05) is 6.42 Å². The van der Waals surface area contributed by atoms with Crippen LogP contribution in [0.15, 0.2) is 30.3 Å². The molecule has 0 aliphatic heterocycles. The Balaban J connectivity index is 2.88. The van der Waals surface area contributed by atoms with Gasteiger partial charge in [-0.1, -0.05) is 30.3 Å². The number of rotatable bonds is 15. The number of primary amides is 1. The van der Waals surface area contributed by atoms with Gasteiger partial charge in [-0.2, -0.15) is 0 Å². The van der Waals surface area contributed by atoms with Crippen molar-refractivity contribution in [3.8, 4) is 0 Å². The highest BCUT2D eigenvalue weighted by Crippen LogP contribution is 2.04. The fourth-order valence-corrected chi connectivity index (χ4v) is 2.91. The van der Waals surface area contributed by atoms with E-state index >= 15 is 0 Å². The number of aliphatic hydroxyl groups is 1. The molecule has 4 atom stereocenters. The number of aliphatic hydroxyl groups excluding tert-OH is 1. The number of aliphatic carboxylic acids is 2. The molecule has 4 amide bonds. The minimum absolute atomic E-state index is 0.151. The maximum atomic E-state index is 12.7. The van der Waals surface area contributed by atoms with Crippen molar-refractivity contribution in [3.63, 3.8) is 0 Å². The molecule has 0 aliphatic carbocycles. The van der Waals surface area contributed by atoms with Gasteiger partial charge in [0.2, 0.25) is 23.6 Å². The molecule has 0 bridgehead atoms. The van der Waals surface area contributed by atoms with Crippen molar-refractivity contribution >= 4 is 35.6 Å². The van der Waals surface area contributed by atoms with Gasteiger partial charge in [0.05, 0.1) is 19.1 Å². The smallest absolute Gasteiger partial charge is 0.326 e. The molecule has 0 heterocycles. The third-order valence-corrected chi connectivity index (χ3v) is 4.76. The van der Waals surface area contributed by atoms with Crippen molar-refractivity contribution in [3.05, 3.63) is 35.9 Å². The molecule has 1 aromatic rings. The first-order valence-corrected chi connectivity index (χ1v) is 10.5. The molecule has 14 heteroatoms. The van der Waals surface area contributed by atoms with E-state index in [4.69, 9.17) is 21.7 Å². The van der Waals surface area contributed by atoms with Gasteiger partial charge in [-0.25, -0.2) is 4.79 Å². The molecule has 1 rings (SSSR count). The molecule has 0 aromatic heterocycles. The lowest BCUT2D eigenvalue weighted by Gasteiger charge is -2.24. The van der Waals surface area contributed by atoms with Crippen LogP contribution in [-0.2, 0) is 35.2 Å². The summed E-state index contributed by atoms with van der Waals surface area (Å²) in [6.45, 7) is -0.971. The Morgan fingerprint density at radius 3 is 1.89 bits per heavy atom. The summed E-state index contributed by atoms with van der Waals surface area (Å²) in [5.41, 5.74) is 11.8.